The van der Waals surface area contributed by atoms with Gasteiger partial charge in [-0.25, -0.2) is 4.98 Å². The van der Waals surface area contributed by atoms with E-state index in [0.29, 0.717) is 28.1 Å². The fourth-order valence-corrected chi connectivity index (χ4v) is 2.79. The largest absolute Gasteiger partial charge is 0.336 e. The SMILES string of the molecule is Cc1cc(C)c(NC(=O)c2cc(C)nc3onc(C)c23)c(C)n1. The molecule has 1 amide bonds. The molecule has 0 spiro atoms. The zero-order valence-corrected chi connectivity index (χ0v) is 13.8. The first-order valence-electron chi connectivity index (χ1n) is 7.36. The van der Waals surface area contributed by atoms with Gasteiger partial charge in [0.05, 0.1) is 28.0 Å². The quantitative estimate of drug-likeness (QED) is 0.784. The lowest BCUT2D eigenvalue weighted by atomic mass is 10.1. The Kier molecular flexibility index (Phi) is 3.60. The second kappa shape index (κ2) is 5.46. The molecule has 118 valence electrons. The van der Waals surface area contributed by atoms with Crippen LogP contribution in [0.25, 0.3) is 11.1 Å². The van der Waals surface area contributed by atoms with Crippen LogP contribution in [-0.2, 0) is 0 Å². The minimum absolute atomic E-state index is 0.219. The van der Waals surface area contributed by atoms with Crippen LogP contribution < -0.4 is 5.32 Å². The molecule has 6 heteroatoms. The topological polar surface area (TPSA) is 80.9 Å². The number of rotatable bonds is 2. The van der Waals surface area contributed by atoms with Gasteiger partial charge in [-0.2, -0.15) is 0 Å². The number of aryl methyl sites for hydroxylation is 5. The molecule has 0 aliphatic rings. The van der Waals surface area contributed by atoms with Crippen LogP contribution in [0.4, 0.5) is 5.69 Å². The van der Waals surface area contributed by atoms with Crippen LogP contribution in [0.2, 0.25) is 0 Å². The molecule has 3 aromatic rings. The van der Waals surface area contributed by atoms with Crippen LogP contribution >= 0.6 is 0 Å². The summed E-state index contributed by atoms with van der Waals surface area (Å²) in [5.74, 6) is -0.219. The van der Waals surface area contributed by atoms with E-state index >= 15 is 0 Å². The first-order valence-corrected chi connectivity index (χ1v) is 7.36. The summed E-state index contributed by atoms with van der Waals surface area (Å²) in [7, 11) is 0. The Morgan fingerprint density at radius 2 is 1.70 bits per heavy atom. The number of hydrogen-bond acceptors (Lipinski definition) is 5. The number of carbonyl (C=O) groups excluding carboxylic acids is 1. The average molecular weight is 310 g/mol. The van der Waals surface area contributed by atoms with Crippen LogP contribution in [0.1, 0.15) is 38.7 Å². The summed E-state index contributed by atoms with van der Waals surface area (Å²) in [4.78, 5) is 21.5. The normalized spacial score (nSPS) is 11.0. The molecule has 0 saturated carbocycles. The summed E-state index contributed by atoms with van der Waals surface area (Å²) in [6.07, 6.45) is 0. The molecule has 3 rings (SSSR count). The molecular formula is C17H18N4O2. The second-order valence-electron chi connectivity index (χ2n) is 5.75. The Bertz CT molecular complexity index is 905. The van der Waals surface area contributed by atoms with E-state index in [4.69, 9.17) is 4.52 Å². The number of hydrogen-bond donors (Lipinski definition) is 1. The van der Waals surface area contributed by atoms with E-state index in [1.165, 1.54) is 0 Å². The molecule has 6 nitrogen and oxygen atoms in total. The van der Waals surface area contributed by atoms with E-state index in [2.05, 4.69) is 20.4 Å². The van der Waals surface area contributed by atoms with Gasteiger partial charge in [0.1, 0.15) is 0 Å². The predicted molar refractivity (Wildman–Crippen MR) is 87.7 cm³/mol. The first-order chi connectivity index (χ1) is 10.9. The highest BCUT2D eigenvalue weighted by Gasteiger charge is 2.19. The summed E-state index contributed by atoms with van der Waals surface area (Å²) in [6, 6.07) is 3.69. The fraction of sp³-hybridized carbons (Fsp3) is 0.294. The Hall–Kier alpha value is -2.76. The maximum Gasteiger partial charge on any atom is 0.258 e. The fourth-order valence-electron chi connectivity index (χ4n) is 2.79. The standard InChI is InChI=1S/C17H18N4O2/c1-8-6-9(2)18-12(5)15(8)20-16(22)13-7-10(3)19-17-14(13)11(4)21-23-17/h6-7H,1-5H3,(H,20,22). The molecule has 0 radical (unpaired) electrons. The van der Waals surface area contributed by atoms with E-state index in [9.17, 15) is 4.79 Å². The molecule has 23 heavy (non-hydrogen) atoms. The summed E-state index contributed by atoms with van der Waals surface area (Å²) in [6.45, 7) is 9.38. The van der Waals surface area contributed by atoms with Crippen molar-refractivity contribution >= 4 is 22.7 Å². The third-order valence-electron chi connectivity index (χ3n) is 3.75. The summed E-state index contributed by atoms with van der Waals surface area (Å²) >= 11 is 0. The molecule has 0 fully saturated rings. The molecule has 0 aliphatic heterocycles. The van der Waals surface area contributed by atoms with Gasteiger partial charge >= 0.3 is 0 Å². The summed E-state index contributed by atoms with van der Waals surface area (Å²) in [5.41, 5.74) is 5.66. The molecule has 0 bridgehead atoms. The maximum atomic E-state index is 12.8. The second-order valence-corrected chi connectivity index (χ2v) is 5.75. The molecule has 1 N–H and O–H groups in total. The van der Waals surface area contributed by atoms with Crippen molar-refractivity contribution in [1.82, 2.24) is 15.1 Å². The van der Waals surface area contributed by atoms with Crippen molar-refractivity contribution in [3.8, 4) is 0 Å². The zero-order chi connectivity index (χ0) is 16.7. The minimum Gasteiger partial charge on any atom is -0.336 e. The molecule has 3 aromatic heterocycles. The summed E-state index contributed by atoms with van der Waals surface area (Å²) in [5, 5.41) is 7.51. The highest BCUT2D eigenvalue weighted by atomic mass is 16.5. The highest BCUT2D eigenvalue weighted by Crippen LogP contribution is 2.25. The van der Waals surface area contributed by atoms with Gasteiger partial charge in [0.2, 0.25) is 0 Å². The van der Waals surface area contributed by atoms with Gasteiger partial charge in [0.15, 0.2) is 0 Å². The van der Waals surface area contributed by atoms with E-state index in [0.717, 1.165) is 22.6 Å². The van der Waals surface area contributed by atoms with Crippen molar-refractivity contribution in [2.75, 3.05) is 5.32 Å². The number of anilines is 1. The lowest BCUT2D eigenvalue weighted by molar-refractivity contribution is 0.102. The number of nitrogens with one attached hydrogen (secondary N) is 1. The lowest BCUT2D eigenvalue weighted by Crippen LogP contribution is -2.15. The van der Waals surface area contributed by atoms with Crippen molar-refractivity contribution in [2.24, 2.45) is 0 Å². The number of aromatic nitrogens is 3. The number of nitrogens with zero attached hydrogens (tertiary/aromatic N) is 3. The van der Waals surface area contributed by atoms with Crippen molar-refractivity contribution in [3.05, 3.63) is 46.0 Å². The third-order valence-corrected chi connectivity index (χ3v) is 3.75. The number of amides is 1. The Labute approximate surface area is 133 Å². The van der Waals surface area contributed by atoms with Gasteiger partial charge in [-0.05, 0) is 52.3 Å². The molecule has 0 aliphatic carbocycles. The first kappa shape index (κ1) is 15.1. The molecule has 0 atom stereocenters. The Morgan fingerprint density at radius 3 is 2.39 bits per heavy atom. The number of carbonyl (C=O) groups is 1. The maximum absolute atomic E-state index is 12.8. The van der Waals surface area contributed by atoms with Crippen molar-refractivity contribution in [1.29, 1.82) is 0 Å². The summed E-state index contributed by atoms with van der Waals surface area (Å²) < 4.78 is 5.18. The molecule has 3 heterocycles. The monoisotopic (exact) mass is 310 g/mol. The van der Waals surface area contributed by atoms with Gasteiger partial charge in [-0.15, -0.1) is 0 Å². The van der Waals surface area contributed by atoms with Crippen molar-refractivity contribution < 1.29 is 9.32 Å². The number of pyridine rings is 2. The predicted octanol–water partition coefficient (Wildman–Crippen LogP) is 3.41. The lowest BCUT2D eigenvalue weighted by Gasteiger charge is -2.12. The van der Waals surface area contributed by atoms with Gasteiger partial charge in [0.25, 0.3) is 11.6 Å². The van der Waals surface area contributed by atoms with Crippen LogP contribution in [0.15, 0.2) is 16.7 Å². The van der Waals surface area contributed by atoms with E-state index in [-0.39, 0.29) is 5.91 Å². The highest BCUT2D eigenvalue weighted by molar-refractivity contribution is 6.12. The average Bonchev–Trinajstić information content (AvgIpc) is 2.83. The zero-order valence-electron chi connectivity index (χ0n) is 13.8. The molecular weight excluding hydrogens is 292 g/mol. The van der Waals surface area contributed by atoms with Crippen LogP contribution in [0.3, 0.4) is 0 Å². The van der Waals surface area contributed by atoms with Crippen LogP contribution in [0, 0.1) is 34.6 Å². The molecule has 0 unspecified atom stereocenters. The van der Waals surface area contributed by atoms with E-state index in [1.807, 2.05) is 33.8 Å². The minimum atomic E-state index is -0.219. The van der Waals surface area contributed by atoms with Gasteiger partial charge in [-0.3, -0.25) is 9.78 Å². The Balaban J connectivity index is 2.07. The van der Waals surface area contributed by atoms with Gasteiger partial charge in [-0.1, -0.05) is 5.16 Å². The van der Waals surface area contributed by atoms with E-state index < -0.39 is 0 Å². The van der Waals surface area contributed by atoms with E-state index in [1.54, 1.807) is 13.0 Å². The van der Waals surface area contributed by atoms with Crippen molar-refractivity contribution in [3.63, 3.8) is 0 Å². The van der Waals surface area contributed by atoms with Crippen LogP contribution in [-0.4, -0.2) is 21.0 Å². The molecule has 0 aromatic carbocycles. The van der Waals surface area contributed by atoms with Crippen LogP contribution in [0.5, 0.6) is 0 Å². The van der Waals surface area contributed by atoms with Crippen molar-refractivity contribution in [2.45, 2.75) is 34.6 Å². The number of fused-ring (bicyclic) bond motifs is 1. The Morgan fingerprint density at radius 1 is 1.00 bits per heavy atom. The third kappa shape index (κ3) is 2.67. The smallest absolute Gasteiger partial charge is 0.258 e. The van der Waals surface area contributed by atoms with Gasteiger partial charge < -0.3 is 9.84 Å². The van der Waals surface area contributed by atoms with Gasteiger partial charge in [0, 0.05) is 11.4 Å². The molecule has 0 saturated heterocycles.